The maximum atomic E-state index is 12.3. The SMILES string of the molecule is COCCOC(=O)N(C)C1C2CCC1CN(CCOc1ccc(C#N)cc1)C2. The molecule has 1 aromatic carbocycles. The maximum absolute atomic E-state index is 12.3. The Kier molecular flexibility index (Phi) is 7.12. The van der Waals surface area contributed by atoms with Crippen molar-refractivity contribution in [2.45, 2.75) is 18.9 Å². The van der Waals surface area contributed by atoms with Crippen molar-refractivity contribution in [3.63, 3.8) is 0 Å². The zero-order valence-electron chi connectivity index (χ0n) is 16.7. The quantitative estimate of drug-likeness (QED) is 0.638. The highest BCUT2D eigenvalue weighted by Gasteiger charge is 2.45. The van der Waals surface area contributed by atoms with Crippen molar-refractivity contribution in [1.29, 1.82) is 5.26 Å². The molecule has 1 saturated carbocycles. The number of piperidine rings is 1. The first kappa shape index (κ1) is 20.4. The number of hydrogen-bond donors (Lipinski definition) is 0. The van der Waals surface area contributed by atoms with E-state index in [1.807, 2.05) is 19.2 Å². The summed E-state index contributed by atoms with van der Waals surface area (Å²) in [5, 5.41) is 8.84. The lowest BCUT2D eigenvalue weighted by molar-refractivity contribution is 0.0307. The Morgan fingerprint density at radius 2 is 1.86 bits per heavy atom. The number of carbonyl (C=O) groups is 1. The van der Waals surface area contributed by atoms with Crippen LogP contribution in [-0.2, 0) is 9.47 Å². The van der Waals surface area contributed by atoms with Gasteiger partial charge in [-0.2, -0.15) is 5.26 Å². The van der Waals surface area contributed by atoms with Gasteiger partial charge in [-0.3, -0.25) is 4.90 Å². The fourth-order valence-electron chi connectivity index (χ4n) is 4.46. The third-order valence-corrected chi connectivity index (χ3v) is 5.77. The highest BCUT2D eigenvalue weighted by Crippen LogP contribution is 2.39. The minimum Gasteiger partial charge on any atom is -0.492 e. The number of hydrogen-bond acceptors (Lipinski definition) is 6. The lowest BCUT2D eigenvalue weighted by atomic mass is 9.91. The van der Waals surface area contributed by atoms with Gasteiger partial charge in [-0.1, -0.05) is 0 Å². The average Bonchev–Trinajstić information content (AvgIpc) is 2.98. The van der Waals surface area contributed by atoms with Crippen molar-refractivity contribution in [3.05, 3.63) is 29.8 Å². The summed E-state index contributed by atoms with van der Waals surface area (Å²) in [5.41, 5.74) is 0.635. The van der Waals surface area contributed by atoms with Crippen LogP contribution in [-0.4, -0.2) is 75.5 Å². The van der Waals surface area contributed by atoms with E-state index >= 15 is 0 Å². The van der Waals surface area contributed by atoms with Crippen LogP contribution in [0.4, 0.5) is 4.79 Å². The van der Waals surface area contributed by atoms with E-state index in [0.717, 1.165) is 38.2 Å². The second-order valence-corrected chi connectivity index (χ2v) is 7.55. The zero-order valence-corrected chi connectivity index (χ0v) is 16.7. The highest BCUT2D eigenvalue weighted by atomic mass is 16.6. The number of benzene rings is 1. The topological polar surface area (TPSA) is 75.0 Å². The Bertz CT molecular complexity index is 674. The van der Waals surface area contributed by atoms with Gasteiger partial charge < -0.3 is 19.1 Å². The fourth-order valence-corrected chi connectivity index (χ4v) is 4.46. The van der Waals surface area contributed by atoms with Crippen LogP contribution in [0.25, 0.3) is 0 Å². The molecule has 2 atom stereocenters. The van der Waals surface area contributed by atoms with Gasteiger partial charge in [0.15, 0.2) is 0 Å². The molecular weight excluding hydrogens is 358 g/mol. The monoisotopic (exact) mass is 387 g/mol. The minimum absolute atomic E-state index is 0.253. The molecule has 0 aromatic heterocycles. The van der Waals surface area contributed by atoms with Gasteiger partial charge in [0.05, 0.1) is 18.2 Å². The smallest absolute Gasteiger partial charge is 0.409 e. The molecule has 7 nitrogen and oxygen atoms in total. The number of nitriles is 1. The van der Waals surface area contributed by atoms with Crippen molar-refractivity contribution in [3.8, 4) is 11.8 Å². The first-order chi connectivity index (χ1) is 13.6. The Morgan fingerprint density at radius 1 is 1.18 bits per heavy atom. The molecule has 1 aromatic rings. The molecule has 2 unspecified atom stereocenters. The van der Waals surface area contributed by atoms with E-state index in [0.29, 0.717) is 37.2 Å². The molecule has 2 bridgehead atoms. The third-order valence-electron chi connectivity index (χ3n) is 5.77. The van der Waals surface area contributed by atoms with Gasteiger partial charge in [0, 0.05) is 39.8 Å². The molecule has 1 amide bonds. The molecule has 1 aliphatic heterocycles. The van der Waals surface area contributed by atoms with Crippen molar-refractivity contribution in [2.75, 3.05) is 53.6 Å². The predicted octanol–water partition coefficient (Wildman–Crippen LogP) is 2.36. The third kappa shape index (κ3) is 4.94. The van der Waals surface area contributed by atoms with E-state index < -0.39 is 0 Å². The standard InChI is InChI=1S/C21H29N3O4/c1-23(21(25)28-12-11-26-2)20-17-5-6-18(20)15-24(14-17)9-10-27-19-7-3-16(13-22)4-8-19/h3-4,7-8,17-18,20H,5-6,9-12,14-15H2,1-2H3. The van der Waals surface area contributed by atoms with E-state index in [1.165, 1.54) is 0 Å². The van der Waals surface area contributed by atoms with E-state index in [-0.39, 0.29) is 12.1 Å². The number of carbonyl (C=O) groups excluding carboxylic acids is 1. The summed E-state index contributed by atoms with van der Waals surface area (Å²) in [5.74, 6) is 1.75. The van der Waals surface area contributed by atoms with Gasteiger partial charge in [0.1, 0.15) is 19.0 Å². The molecule has 7 heteroatoms. The normalized spacial score (nSPS) is 23.8. The van der Waals surface area contributed by atoms with Crippen LogP contribution in [0.5, 0.6) is 5.75 Å². The molecule has 3 rings (SSSR count). The summed E-state index contributed by atoms with van der Waals surface area (Å²) in [7, 11) is 3.45. The van der Waals surface area contributed by atoms with Gasteiger partial charge in [-0.15, -0.1) is 0 Å². The second kappa shape index (κ2) is 9.76. The molecule has 2 fully saturated rings. The van der Waals surface area contributed by atoms with Crippen LogP contribution >= 0.6 is 0 Å². The summed E-state index contributed by atoms with van der Waals surface area (Å²) < 4.78 is 16.0. The van der Waals surface area contributed by atoms with Gasteiger partial charge in [-0.25, -0.2) is 4.79 Å². The van der Waals surface area contributed by atoms with Crippen LogP contribution in [0.15, 0.2) is 24.3 Å². The van der Waals surface area contributed by atoms with Crippen molar-refractivity contribution in [2.24, 2.45) is 11.8 Å². The predicted molar refractivity (Wildman–Crippen MR) is 104 cm³/mol. The van der Waals surface area contributed by atoms with Gasteiger partial charge in [0.25, 0.3) is 0 Å². The van der Waals surface area contributed by atoms with Crippen LogP contribution in [0.2, 0.25) is 0 Å². The Labute approximate surface area is 166 Å². The first-order valence-electron chi connectivity index (χ1n) is 9.86. The lowest BCUT2D eigenvalue weighted by Crippen LogP contribution is -2.53. The van der Waals surface area contributed by atoms with Crippen LogP contribution < -0.4 is 4.74 Å². The number of fused-ring (bicyclic) bond motifs is 2. The Hall–Kier alpha value is -2.30. The first-order valence-corrected chi connectivity index (χ1v) is 9.86. The molecule has 1 heterocycles. The number of nitrogens with zero attached hydrogens (tertiary/aromatic N) is 3. The van der Waals surface area contributed by atoms with Crippen molar-refractivity contribution < 1.29 is 19.0 Å². The number of likely N-dealkylation sites (tertiary alicyclic amines) is 1. The van der Waals surface area contributed by atoms with Crippen LogP contribution in [0, 0.1) is 23.2 Å². The summed E-state index contributed by atoms with van der Waals surface area (Å²) >= 11 is 0. The van der Waals surface area contributed by atoms with Crippen LogP contribution in [0.3, 0.4) is 0 Å². The fraction of sp³-hybridized carbons (Fsp3) is 0.619. The molecular formula is C21H29N3O4. The molecule has 1 saturated heterocycles. The van der Waals surface area contributed by atoms with Gasteiger partial charge >= 0.3 is 6.09 Å². The zero-order chi connectivity index (χ0) is 19.9. The largest absolute Gasteiger partial charge is 0.492 e. The van der Waals surface area contributed by atoms with Gasteiger partial charge in [0.2, 0.25) is 0 Å². The molecule has 0 radical (unpaired) electrons. The van der Waals surface area contributed by atoms with Crippen LogP contribution in [0.1, 0.15) is 18.4 Å². The van der Waals surface area contributed by atoms with E-state index in [2.05, 4.69) is 11.0 Å². The number of ether oxygens (including phenoxy) is 3. The molecule has 0 spiro atoms. The Balaban J connectivity index is 1.45. The van der Waals surface area contributed by atoms with Crippen molar-refractivity contribution >= 4 is 6.09 Å². The minimum atomic E-state index is -0.253. The molecule has 152 valence electrons. The molecule has 2 aliphatic rings. The number of rotatable bonds is 8. The van der Waals surface area contributed by atoms with E-state index in [9.17, 15) is 4.79 Å². The summed E-state index contributed by atoms with van der Waals surface area (Å²) in [4.78, 5) is 16.5. The molecule has 1 aliphatic carbocycles. The second-order valence-electron chi connectivity index (χ2n) is 7.55. The van der Waals surface area contributed by atoms with Crippen molar-refractivity contribution in [1.82, 2.24) is 9.80 Å². The lowest BCUT2D eigenvalue weighted by Gasteiger charge is -2.41. The molecule has 28 heavy (non-hydrogen) atoms. The summed E-state index contributed by atoms with van der Waals surface area (Å²) in [6, 6.07) is 9.56. The average molecular weight is 387 g/mol. The number of amides is 1. The Morgan fingerprint density at radius 3 is 2.46 bits per heavy atom. The van der Waals surface area contributed by atoms with E-state index in [4.69, 9.17) is 19.5 Å². The summed E-state index contributed by atoms with van der Waals surface area (Å²) in [6.07, 6.45) is 2.05. The number of methoxy groups -OCH3 is 1. The maximum Gasteiger partial charge on any atom is 0.409 e. The highest BCUT2D eigenvalue weighted by molar-refractivity contribution is 5.67. The summed E-state index contributed by atoms with van der Waals surface area (Å²) in [6.45, 7) is 4.15. The van der Waals surface area contributed by atoms with E-state index in [1.54, 1.807) is 24.1 Å². The van der Waals surface area contributed by atoms with Gasteiger partial charge in [-0.05, 0) is 48.9 Å². The molecule has 0 N–H and O–H groups in total.